The molecule has 0 amide bonds. The molecule has 0 saturated heterocycles. The minimum Gasteiger partial charge on any atom is -0.369 e. The van der Waals surface area contributed by atoms with Gasteiger partial charge in [-0.3, -0.25) is 0 Å². The summed E-state index contributed by atoms with van der Waals surface area (Å²) in [6.07, 6.45) is 3.40. The van der Waals surface area contributed by atoms with Crippen molar-refractivity contribution in [2.24, 2.45) is 4.99 Å². The monoisotopic (exact) mass is 376 g/mol. The predicted molar refractivity (Wildman–Crippen MR) is 87.3 cm³/mol. The van der Waals surface area contributed by atoms with Crippen LogP contribution in [-0.4, -0.2) is 26.1 Å². The van der Waals surface area contributed by atoms with Gasteiger partial charge in [0.05, 0.1) is 9.50 Å². The zero-order valence-electron chi connectivity index (χ0n) is 11.3. The Morgan fingerprint density at radius 2 is 2.27 bits per heavy atom. The van der Waals surface area contributed by atoms with Crippen LogP contribution in [0.4, 0.5) is 11.6 Å². The highest BCUT2D eigenvalue weighted by Gasteiger charge is 2.19. The van der Waals surface area contributed by atoms with Crippen LogP contribution < -0.4 is 10.9 Å². The molecule has 1 aromatic heterocycles. The first-order chi connectivity index (χ1) is 10.7. The summed E-state index contributed by atoms with van der Waals surface area (Å²) in [6, 6.07) is 5.49. The fourth-order valence-electron chi connectivity index (χ4n) is 2.42. The molecule has 8 heteroatoms. The smallest absolute Gasteiger partial charge is 0.253 e. The predicted octanol–water partition coefficient (Wildman–Crippen LogP) is 2.85. The Kier molecular flexibility index (Phi) is 3.31. The zero-order valence-corrected chi connectivity index (χ0v) is 13.6. The van der Waals surface area contributed by atoms with E-state index in [1.165, 1.54) is 0 Å². The van der Waals surface area contributed by atoms with Gasteiger partial charge >= 0.3 is 0 Å². The lowest BCUT2D eigenvalue weighted by Crippen LogP contribution is -2.17. The van der Waals surface area contributed by atoms with Gasteiger partial charge in [0, 0.05) is 31.0 Å². The summed E-state index contributed by atoms with van der Waals surface area (Å²) >= 11 is 9.63. The molecule has 0 unspecified atom stereocenters. The standard InChI is InChI=1S/C14H10BrClN6/c15-9-6-8-7-19-14(20-11-10(16)2-1-3-17-11)21-12(8)22-5-4-18-13(9)22/h1-3,6-7,18H,4-5H2/b20-14-. The summed E-state index contributed by atoms with van der Waals surface area (Å²) < 4.78 is 3.11. The van der Waals surface area contributed by atoms with Crippen molar-refractivity contribution in [3.05, 3.63) is 45.7 Å². The van der Waals surface area contributed by atoms with Gasteiger partial charge in [0.2, 0.25) is 0 Å². The Labute approximate surface area is 139 Å². The molecular weight excluding hydrogens is 368 g/mol. The number of nitrogens with one attached hydrogen (secondary N) is 1. The largest absolute Gasteiger partial charge is 0.369 e. The number of anilines is 1. The Morgan fingerprint density at radius 3 is 3.14 bits per heavy atom. The van der Waals surface area contributed by atoms with E-state index in [2.05, 4.69) is 45.8 Å². The normalized spacial score (nSPS) is 14.2. The van der Waals surface area contributed by atoms with Gasteiger partial charge in [0.1, 0.15) is 11.6 Å². The summed E-state index contributed by atoms with van der Waals surface area (Å²) in [5.41, 5.74) is 1.29. The minimum atomic E-state index is 0.344. The number of aromatic nitrogens is 4. The molecule has 0 saturated carbocycles. The van der Waals surface area contributed by atoms with E-state index in [1.807, 2.05) is 6.07 Å². The molecule has 0 aromatic carbocycles. The lowest BCUT2D eigenvalue weighted by atomic mass is 10.2. The van der Waals surface area contributed by atoms with E-state index in [-0.39, 0.29) is 0 Å². The molecule has 6 nitrogen and oxygen atoms in total. The molecule has 0 fully saturated rings. The second-order valence-corrected chi connectivity index (χ2v) is 6.05. The number of rotatable bonds is 1. The van der Waals surface area contributed by atoms with Crippen LogP contribution in [0.3, 0.4) is 0 Å². The van der Waals surface area contributed by atoms with Crippen molar-refractivity contribution in [1.29, 1.82) is 0 Å². The van der Waals surface area contributed by atoms with Crippen molar-refractivity contribution in [3.63, 3.8) is 0 Å². The van der Waals surface area contributed by atoms with E-state index >= 15 is 0 Å². The highest BCUT2D eigenvalue weighted by atomic mass is 79.9. The van der Waals surface area contributed by atoms with Crippen molar-refractivity contribution in [1.82, 2.24) is 19.5 Å². The number of nitrogens with zero attached hydrogens (tertiary/aromatic N) is 5. The fraction of sp³-hybridized carbons (Fsp3) is 0.143. The van der Waals surface area contributed by atoms with Gasteiger partial charge in [-0.25, -0.2) is 9.97 Å². The number of pyridine rings is 2. The van der Waals surface area contributed by atoms with Crippen molar-refractivity contribution in [2.75, 3.05) is 11.9 Å². The first kappa shape index (κ1) is 13.7. The topological polar surface area (TPSA) is 68.0 Å². The summed E-state index contributed by atoms with van der Waals surface area (Å²) in [6.45, 7) is 1.73. The van der Waals surface area contributed by atoms with Crippen LogP contribution in [0.1, 0.15) is 0 Å². The van der Waals surface area contributed by atoms with E-state index in [4.69, 9.17) is 11.6 Å². The summed E-state index contributed by atoms with van der Waals surface area (Å²) in [4.78, 5) is 17.3. The van der Waals surface area contributed by atoms with Gasteiger partial charge in [-0.05, 0) is 34.1 Å². The number of halogens is 2. The average molecular weight is 378 g/mol. The van der Waals surface area contributed by atoms with E-state index in [0.717, 1.165) is 34.8 Å². The minimum absolute atomic E-state index is 0.344. The maximum atomic E-state index is 6.07. The molecule has 22 heavy (non-hydrogen) atoms. The molecule has 0 bridgehead atoms. The molecule has 0 aliphatic carbocycles. The molecule has 0 radical (unpaired) electrons. The van der Waals surface area contributed by atoms with Crippen molar-refractivity contribution in [3.8, 4) is 11.4 Å². The summed E-state index contributed by atoms with van der Waals surface area (Å²) in [5, 5.41) is 3.80. The molecule has 1 aromatic rings. The molecule has 1 N–H and O–H groups in total. The molecule has 110 valence electrons. The maximum absolute atomic E-state index is 6.07. The van der Waals surface area contributed by atoms with Gasteiger partial charge in [-0.15, -0.1) is 0 Å². The zero-order chi connectivity index (χ0) is 15.1. The SMILES string of the molecule is Clc1cccnc1/N=c1/ncc2cc(Br)c3n(c-2n1)CCN3. The second kappa shape index (κ2) is 5.33. The summed E-state index contributed by atoms with van der Waals surface area (Å²) in [5.74, 6) is 2.28. The molecular formula is C14H10BrClN6. The number of hydrogen-bond donors (Lipinski definition) is 1. The van der Waals surface area contributed by atoms with Gasteiger partial charge in [-0.1, -0.05) is 11.6 Å². The quantitative estimate of drug-likeness (QED) is 0.708. The van der Waals surface area contributed by atoms with E-state index < -0.39 is 0 Å². The molecule has 4 heterocycles. The van der Waals surface area contributed by atoms with Crippen LogP contribution in [0.2, 0.25) is 5.02 Å². The second-order valence-electron chi connectivity index (χ2n) is 4.79. The molecule has 3 aliphatic rings. The van der Waals surface area contributed by atoms with Crippen LogP contribution in [0, 0.1) is 0 Å². The van der Waals surface area contributed by atoms with Crippen molar-refractivity contribution >= 4 is 39.2 Å². The highest BCUT2D eigenvalue weighted by molar-refractivity contribution is 9.10. The third-order valence-electron chi connectivity index (χ3n) is 3.39. The number of hydrogen-bond acceptors (Lipinski definition) is 5. The van der Waals surface area contributed by atoms with Crippen LogP contribution >= 0.6 is 27.5 Å². The Bertz CT molecular complexity index is 906. The lowest BCUT2D eigenvalue weighted by Gasteiger charge is -2.13. The fourth-order valence-corrected chi connectivity index (χ4v) is 3.19. The van der Waals surface area contributed by atoms with Crippen LogP contribution in [-0.2, 0) is 6.54 Å². The maximum Gasteiger partial charge on any atom is 0.253 e. The Morgan fingerprint density at radius 1 is 1.36 bits per heavy atom. The van der Waals surface area contributed by atoms with Gasteiger partial charge in [0.15, 0.2) is 5.82 Å². The van der Waals surface area contributed by atoms with Crippen LogP contribution in [0.25, 0.3) is 11.4 Å². The van der Waals surface area contributed by atoms with E-state index in [1.54, 1.807) is 24.5 Å². The van der Waals surface area contributed by atoms with E-state index in [9.17, 15) is 0 Å². The highest BCUT2D eigenvalue weighted by Crippen LogP contribution is 2.33. The van der Waals surface area contributed by atoms with Gasteiger partial charge in [-0.2, -0.15) is 9.98 Å². The van der Waals surface area contributed by atoms with Crippen molar-refractivity contribution < 1.29 is 0 Å². The Balaban J connectivity index is 1.94. The molecule has 0 atom stereocenters. The lowest BCUT2D eigenvalue weighted by molar-refractivity contribution is 0.777. The van der Waals surface area contributed by atoms with Gasteiger partial charge in [0.25, 0.3) is 5.62 Å². The average Bonchev–Trinajstić information content (AvgIpc) is 3.01. The summed E-state index contributed by atoms with van der Waals surface area (Å²) in [7, 11) is 0. The third-order valence-corrected chi connectivity index (χ3v) is 4.29. The molecule has 0 spiro atoms. The Hall–Kier alpha value is -1.99. The number of fused-ring (bicyclic) bond motifs is 3. The van der Waals surface area contributed by atoms with Crippen LogP contribution in [0.15, 0.2) is 40.1 Å². The van der Waals surface area contributed by atoms with Crippen LogP contribution in [0.5, 0.6) is 0 Å². The van der Waals surface area contributed by atoms with Crippen molar-refractivity contribution in [2.45, 2.75) is 6.54 Å². The first-order valence-electron chi connectivity index (χ1n) is 6.67. The first-order valence-corrected chi connectivity index (χ1v) is 7.85. The van der Waals surface area contributed by atoms with E-state index in [0.29, 0.717) is 16.5 Å². The molecule has 4 rings (SSSR count). The molecule has 3 aliphatic heterocycles. The third kappa shape index (κ3) is 2.26. The van der Waals surface area contributed by atoms with Gasteiger partial charge < -0.3 is 9.88 Å².